The maximum atomic E-state index is 8.78. The topological polar surface area (TPSA) is 61.6 Å². The summed E-state index contributed by atoms with van der Waals surface area (Å²) in [6.45, 7) is 2.97. The second kappa shape index (κ2) is 5.78. The molecule has 0 unspecified atom stereocenters. The lowest BCUT2D eigenvalue weighted by molar-refractivity contribution is 0.966. The molecule has 4 nitrogen and oxygen atoms in total. The normalized spacial score (nSPS) is 9.78. The summed E-state index contributed by atoms with van der Waals surface area (Å²) in [4.78, 5) is 8.65. The van der Waals surface area contributed by atoms with Crippen molar-refractivity contribution in [2.45, 2.75) is 13.3 Å². The van der Waals surface area contributed by atoms with E-state index < -0.39 is 0 Å². The number of benzene rings is 1. The Morgan fingerprint density at radius 2 is 1.89 bits per heavy atom. The first-order chi connectivity index (χ1) is 8.85. The summed E-state index contributed by atoms with van der Waals surface area (Å²) in [6.07, 6.45) is 4.37. The zero-order chi connectivity index (χ0) is 12.8. The van der Waals surface area contributed by atoms with E-state index in [1.54, 1.807) is 24.5 Å². The second-order valence-electron chi connectivity index (χ2n) is 3.87. The monoisotopic (exact) mass is 238 g/mol. The minimum Gasteiger partial charge on any atom is -0.368 e. The van der Waals surface area contributed by atoms with Gasteiger partial charge in [-0.2, -0.15) is 5.26 Å². The second-order valence-corrected chi connectivity index (χ2v) is 3.87. The van der Waals surface area contributed by atoms with Crippen LogP contribution in [-0.2, 0) is 0 Å². The van der Waals surface area contributed by atoms with Crippen molar-refractivity contribution in [3.05, 3.63) is 42.2 Å². The van der Waals surface area contributed by atoms with Crippen molar-refractivity contribution in [3.63, 3.8) is 0 Å². The molecule has 0 spiro atoms. The molecule has 0 aliphatic heterocycles. The van der Waals surface area contributed by atoms with Gasteiger partial charge in [0.05, 0.1) is 11.6 Å². The average Bonchev–Trinajstić information content (AvgIpc) is 2.45. The Morgan fingerprint density at radius 1 is 1.17 bits per heavy atom. The first-order valence-electron chi connectivity index (χ1n) is 5.90. The Bertz CT molecular complexity index is 555. The Kier molecular flexibility index (Phi) is 3.87. The third kappa shape index (κ3) is 2.64. The van der Waals surface area contributed by atoms with Gasteiger partial charge in [0, 0.05) is 24.5 Å². The fraction of sp³-hybridized carbons (Fsp3) is 0.214. The maximum Gasteiger partial charge on any atom is 0.152 e. The van der Waals surface area contributed by atoms with Crippen molar-refractivity contribution in [2.75, 3.05) is 11.9 Å². The lowest BCUT2D eigenvalue weighted by atomic mass is 10.1. The van der Waals surface area contributed by atoms with E-state index in [9.17, 15) is 0 Å². The van der Waals surface area contributed by atoms with Crippen LogP contribution in [0.25, 0.3) is 11.3 Å². The van der Waals surface area contributed by atoms with Crippen LogP contribution in [0.1, 0.15) is 18.9 Å². The molecule has 2 rings (SSSR count). The van der Waals surface area contributed by atoms with Gasteiger partial charge in [-0.25, -0.2) is 4.98 Å². The molecule has 0 amide bonds. The van der Waals surface area contributed by atoms with Gasteiger partial charge < -0.3 is 5.32 Å². The number of hydrogen-bond donors (Lipinski definition) is 1. The molecule has 0 radical (unpaired) electrons. The van der Waals surface area contributed by atoms with Gasteiger partial charge in [-0.3, -0.25) is 4.98 Å². The van der Waals surface area contributed by atoms with Gasteiger partial charge in [0.2, 0.25) is 0 Å². The third-order valence-electron chi connectivity index (χ3n) is 2.53. The molecule has 0 aliphatic rings. The molecule has 4 heteroatoms. The van der Waals surface area contributed by atoms with Crippen molar-refractivity contribution in [1.82, 2.24) is 9.97 Å². The predicted octanol–water partition coefficient (Wildman–Crippen LogP) is 2.84. The number of nitriles is 1. The molecule has 0 atom stereocenters. The molecule has 1 aromatic carbocycles. The lowest BCUT2D eigenvalue weighted by Gasteiger charge is -2.08. The molecule has 18 heavy (non-hydrogen) atoms. The molecule has 1 N–H and O–H groups in total. The average molecular weight is 238 g/mol. The van der Waals surface area contributed by atoms with Gasteiger partial charge in [0.1, 0.15) is 5.69 Å². The van der Waals surface area contributed by atoms with Crippen molar-refractivity contribution in [1.29, 1.82) is 5.26 Å². The van der Waals surface area contributed by atoms with Crippen molar-refractivity contribution in [2.24, 2.45) is 0 Å². The SMILES string of the molecule is CCCNc1nccnc1-c1ccc(C#N)cc1. The largest absolute Gasteiger partial charge is 0.368 e. The summed E-state index contributed by atoms with van der Waals surface area (Å²) in [5, 5.41) is 12.0. The van der Waals surface area contributed by atoms with E-state index in [1.165, 1.54) is 0 Å². The van der Waals surface area contributed by atoms with Gasteiger partial charge in [-0.1, -0.05) is 19.1 Å². The van der Waals surface area contributed by atoms with Gasteiger partial charge in [-0.15, -0.1) is 0 Å². The first-order valence-corrected chi connectivity index (χ1v) is 5.90. The highest BCUT2D eigenvalue weighted by atomic mass is 15.0. The number of aromatic nitrogens is 2. The van der Waals surface area contributed by atoms with E-state index in [1.807, 2.05) is 12.1 Å². The Balaban J connectivity index is 2.34. The van der Waals surface area contributed by atoms with Crippen molar-refractivity contribution < 1.29 is 0 Å². The molecule has 0 bridgehead atoms. The fourth-order valence-electron chi connectivity index (χ4n) is 1.62. The molecule has 90 valence electrons. The number of nitrogens with one attached hydrogen (secondary N) is 1. The summed E-state index contributed by atoms with van der Waals surface area (Å²) in [7, 11) is 0. The number of nitrogens with zero attached hydrogens (tertiary/aromatic N) is 3. The maximum absolute atomic E-state index is 8.78. The molecule has 1 aromatic heterocycles. The van der Waals surface area contributed by atoms with Crippen LogP contribution in [0.4, 0.5) is 5.82 Å². The van der Waals surface area contributed by atoms with E-state index >= 15 is 0 Å². The Labute approximate surface area is 106 Å². The van der Waals surface area contributed by atoms with Crippen LogP contribution < -0.4 is 5.32 Å². The molecular formula is C14H14N4. The number of rotatable bonds is 4. The molecule has 2 aromatic rings. The summed E-state index contributed by atoms with van der Waals surface area (Å²) in [5.41, 5.74) is 2.42. The Morgan fingerprint density at radius 3 is 2.56 bits per heavy atom. The highest BCUT2D eigenvalue weighted by molar-refractivity contribution is 5.71. The zero-order valence-electron chi connectivity index (χ0n) is 10.2. The molecule has 0 saturated heterocycles. The van der Waals surface area contributed by atoms with Crippen LogP contribution in [0.3, 0.4) is 0 Å². The standard InChI is InChI=1S/C14H14N4/c1-2-7-17-14-13(16-8-9-18-14)12-5-3-11(10-15)4-6-12/h3-6,8-9H,2,7H2,1H3,(H,17,18). The van der Waals surface area contributed by atoms with Gasteiger partial charge >= 0.3 is 0 Å². The van der Waals surface area contributed by atoms with E-state index in [0.717, 1.165) is 30.0 Å². The molecule has 0 aliphatic carbocycles. The van der Waals surface area contributed by atoms with Crippen LogP contribution in [0, 0.1) is 11.3 Å². The van der Waals surface area contributed by atoms with Crippen molar-refractivity contribution in [3.8, 4) is 17.3 Å². The van der Waals surface area contributed by atoms with E-state index in [4.69, 9.17) is 5.26 Å². The van der Waals surface area contributed by atoms with Gasteiger partial charge in [0.15, 0.2) is 5.82 Å². The van der Waals surface area contributed by atoms with E-state index in [0.29, 0.717) is 5.56 Å². The summed E-state index contributed by atoms with van der Waals surface area (Å²) in [5.74, 6) is 0.782. The van der Waals surface area contributed by atoms with E-state index in [-0.39, 0.29) is 0 Å². The van der Waals surface area contributed by atoms with Crippen molar-refractivity contribution >= 4 is 5.82 Å². The molecule has 1 heterocycles. The predicted molar refractivity (Wildman–Crippen MR) is 71.0 cm³/mol. The van der Waals surface area contributed by atoms with Crippen LogP contribution in [0.2, 0.25) is 0 Å². The Hall–Kier alpha value is -2.41. The fourth-order valence-corrected chi connectivity index (χ4v) is 1.62. The van der Waals surface area contributed by atoms with Crippen LogP contribution in [0.15, 0.2) is 36.7 Å². The number of anilines is 1. The van der Waals surface area contributed by atoms with Gasteiger partial charge in [-0.05, 0) is 18.6 Å². The van der Waals surface area contributed by atoms with Crippen LogP contribution in [-0.4, -0.2) is 16.5 Å². The first kappa shape index (κ1) is 12.1. The highest BCUT2D eigenvalue weighted by Gasteiger charge is 2.06. The summed E-state index contributed by atoms with van der Waals surface area (Å²) >= 11 is 0. The van der Waals surface area contributed by atoms with Crippen LogP contribution >= 0.6 is 0 Å². The smallest absolute Gasteiger partial charge is 0.152 e. The van der Waals surface area contributed by atoms with Gasteiger partial charge in [0.25, 0.3) is 0 Å². The number of hydrogen-bond acceptors (Lipinski definition) is 4. The highest BCUT2D eigenvalue weighted by Crippen LogP contribution is 2.23. The molecular weight excluding hydrogens is 224 g/mol. The lowest BCUT2D eigenvalue weighted by Crippen LogP contribution is -2.04. The summed E-state index contributed by atoms with van der Waals surface area (Å²) < 4.78 is 0. The molecule has 0 saturated carbocycles. The minimum atomic E-state index is 0.644. The quantitative estimate of drug-likeness (QED) is 0.889. The molecule has 0 fully saturated rings. The zero-order valence-corrected chi connectivity index (χ0v) is 10.2. The van der Waals surface area contributed by atoms with E-state index in [2.05, 4.69) is 28.3 Å². The van der Waals surface area contributed by atoms with Crippen LogP contribution in [0.5, 0.6) is 0 Å². The minimum absolute atomic E-state index is 0.644. The third-order valence-corrected chi connectivity index (χ3v) is 2.53. The summed E-state index contributed by atoms with van der Waals surface area (Å²) in [6, 6.07) is 9.45.